The van der Waals surface area contributed by atoms with Crippen LogP contribution >= 0.6 is 0 Å². The summed E-state index contributed by atoms with van der Waals surface area (Å²) in [6.45, 7) is 5.43. The van der Waals surface area contributed by atoms with Crippen LogP contribution in [0.25, 0.3) is 0 Å². The van der Waals surface area contributed by atoms with Crippen LogP contribution in [0.3, 0.4) is 0 Å². The number of aryl methyl sites for hydroxylation is 2. The minimum atomic E-state index is -0.741. The highest BCUT2D eigenvalue weighted by Gasteiger charge is 2.30. The van der Waals surface area contributed by atoms with Gasteiger partial charge >= 0.3 is 5.97 Å². The van der Waals surface area contributed by atoms with E-state index >= 15 is 0 Å². The van der Waals surface area contributed by atoms with Crippen molar-refractivity contribution in [2.24, 2.45) is 0 Å². The molecule has 1 aromatic heterocycles. The smallest absolute Gasteiger partial charge is 0.304 e. The van der Waals surface area contributed by atoms with Gasteiger partial charge in [-0.2, -0.15) is 0 Å². The summed E-state index contributed by atoms with van der Waals surface area (Å²) in [5, 5.41) is 12.7. The van der Waals surface area contributed by atoms with E-state index in [9.17, 15) is 4.79 Å². The predicted molar refractivity (Wildman–Crippen MR) is 61.8 cm³/mol. The second-order valence-electron chi connectivity index (χ2n) is 4.58. The molecule has 2 heterocycles. The molecule has 0 amide bonds. The first-order valence-electron chi connectivity index (χ1n) is 5.98. The summed E-state index contributed by atoms with van der Waals surface area (Å²) < 4.78 is 5.19. The Hall–Kier alpha value is -1.36. The third-order valence-corrected chi connectivity index (χ3v) is 3.40. The van der Waals surface area contributed by atoms with E-state index < -0.39 is 5.97 Å². The number of likely N-dealkylation sites (tertiary alicyclic amines) is 1. The lowest BCUT2D eigenvalue weighted by Gasteiger charge is -2.23. The first-order valence-corrected chi connectivity index (χ1v) is 5.98. The summed E-state index contributed by atoms with van der Waals surface area (Å²) in [4.78, 5) is 12.8. The Morgan fingerprint density at radius 2 is 2.35 bits per heavy atom. The average molecular weight is 238 g/mol. The number of carbonyl (C=O) groups is 1. The number of carboxylic acids is 1. The second kappa shape index (κ2) is 4.87. The molecule has 5 heteroatoms. The van der Waals surface area contributed by atoms with Gasteiger partial charge in [0, 0.05) is 18.2 Å². The van der Waals surface area contributed by atoms with Crippen molar-refractivity contribution in [3.05, 3.63) is 17.0 Å². The lowest BCUT2D eigenvalue weighted by atomic mass is 10.0. The molecule has 0 saturated carbocycles. The van der Waals surface area contributed by atoms with Gasteiger partial charge in [0.15, 0.2) is 0 Å². The van der Waals surface area contributed by atoms with E-state index in [1.54, 1.807) is 0 Å². The maximum atomic E-state index is 10.6. The van der Waals surface area contributed by atoms with Gasteiger partial charge in [0.1, 0.15) is 5.76 Å². The third kappa shape index (κ3) is 2.49. The summed E-state index contributed by atoms with van der Waals surface area (Å²) in [5.74, 6) is 0.115. The van der Waals surface area contributed by atoms with Gasteiger partial charge in [-0.15, -0.1) is 0 Å². The minimum absolute atomic E-state index is 0.194. The molecule has 1 aliphatic heterocycles. The molecule has 0 aromatic carbocycles. The highest BCUT2D eigenvalue weighted by Crippen LogP contribution is 2.35. The fourth-order valence-corrected chi connectivity index (χ4v) is 2.63. The van der Waals surface area contributed by atoms with E-state index in [-0.39, 0.29) is 12.5 Å². The number of aromatic nitrogens is 1. The van der Waals surface area contributed by atoms with Gasteiger partial charge in [-0.3, -0.25) is 9.69 Å². The molecule has 1 aromatic rings. The summed E-state index contributed by atoms with van der Waals surface area (Å²) in [6.07, 6.45) is 2.36. The Morgan fingerprint density at radius 3 is 2.94 bits per heavy atom. The van der Waals surface area contributed by atoms with Crippen molar-refractivity contribution in [1.82, 2.24) is 10.1 Å². The van der Waals surface area contributed by atoms with Crippen LogP contribution in [0.2, 0.25) is 0 Å². The largest absolute Gasteiger partial charge is 0.481 e. The highest BCUT2D eigenvalue weighted by molar-refractivity contribution is 5.66. The Bertz CT molecular complexity index is 394. The molecule has 94 valence electrons. The van der Waals surface area contributed by atoms with Crippen LogP contribution in [-0.2, 0) is 4.79 Å². The van der Waals surface area contributed by atoms with E-state index in [0.717, 1.165) is 36.4 Å². The van der Waals surface area contributed by atoms with E-state index in [0.29, 0.717) is 6.54 Å². The monoisotopic (exact) mass is 238 g/mol. The second-order valence-corrected chi connectivity index (χ2v) is 4.58. The van der Waals surface area contributed by atoms with Crippen molar-refractivity contribution < 1.29 is 14.4 Å². The minimum Gasteiger partial charge on any atom is -0.481 e. The molecule has 5 nitrogen and oxygen atoms in total. The van der Waals surface area contributed by atoms with Crippen molar-refractivity contribution in [1.29, 1.82) is 0 Å². The van der Waals surface area contributed by atoms with Crippen LogP contribution in [0.4, 0.5) is 0 Å². The first kappa shape index (κ1) is 12.1. The fourth-order valence-electron chi connectivity index (χ4n) is 2.63. The van der Waals surface area contributed by atoms with Crippen LogP contribution in [0, 0.1) is 13.8 Å². The number of carboxylic acid groups (broad SMARTS) is 1. The lowest BCUT2D eigenvalue weighted by molar-refractivity contribution is -0.137. The van der Waals surface area contributed by atoms with E-state index in [2.05, 4.69) is 10.1 Å². The van der Waals surface area contributed by atoms with Gasteiger partial charge in [0.05, 0.1) is 12.1 Å². The van der Waals surface area contributed by atoms with Crippen molar-refractivity contribution in [2.45, 2.75) is 39.2 Å². The standard InChI is InChI=1S/C12H18N2O3/c1-8-12(9(2)17-13-8)10-4-3-6-14(10)7-5-11(15)16/h10H,3-7H2,1-2H3,(H,15,16)/t10-/m0/s1. The van der Waals surface area contributed by atoms with Crippen LogP contribution in [-0.4, -0.2) is 34.2 Å². The Kier molecular flexibility index (Phi) is 3.47. The molecule has 0 aliphatic carbocycles. The van der Waals surface area contributed by atoms with Crippen molar-refractivity contribution in [3.8, 4) is 0 Å². The maximum absolute atomic E-state index is 10.6. The van der Waals surface area contributed by atoms with Crippen LogP contribution in [0.5, 0.6) is 0 Å². The summed E-state index contributed by atoms with van der Waals surface area (Å²) >= 11 is 0. The zero-order chi connectivity index (χ0) is 12.4. The molecule has 2 rings (SSSR count). The van der Waals surface area contributed by atoms with E-state index in [1.165, 1.54) is 0 Å². The molecule has 17 heavy (non-hydrogen) atoms. The van der Waals surface area contributed by atoms with Crippen LogP contribution in [0.1, 0.15) is 42.3 Å². The van der Waals surface area contributed by atoms with Crippen molar-refractivity contribution in [2.75, 3.05) is 13.1 Å². The Labute approximate surface area is 100 Å². The van der Waals surface area contributed by atoms with Gasteiger partial charge in [-0.25, -0.2) is 0 Å². The zero-order valence-corrected chi connectivity index (χ0v) is 10.3. The third-order valence-electron chi connectivity index (χ3n) is 3.40. The topological polar surface area (TPSA) is 66.6 Å². The lowest BCUT2D eigenvalue weighted by Crippen LogP contribution is -2.26. The average Bonchev–Trinajstić information content (AvgIpc) is 2.83. The highest BCUT2D eigenvalue weighted by atomic mass is 16.5. The molecule has 1 fully saturated rings. The molecule has 1 aliphatic rings. The van der Waals surface area contributed by atoms with Crippen LogP contribution < -0.4 is 0 Å². The molecular weight excluding hydrogens is 220 g/mol. The van der Waals surface area contributed by atoms with Crippen LogP contribution in [0.15, 0.2) is 4.52 Å². The molecule has 1 N–H and O–H groups in total. The number of hydrogen-bond acceptors (Lipinski definition) is 4. The molecule has 0 bridgehead atoms. The summed E-state index contributed by atoms with van der Waals surface area (Å²) in [7, 11) is 0. The first-order chi connectivity index (χ1) is 8.09. The Morgan fingerprint density at radius 1 is 1.59 bits per heavy atom. The number of rotatable bonds is 4. The predicted octanol–water partition coefficient (Wildman–Crippen LogP) is 1.90. The van der Waals surface area contributed by atoms with Gasteiger partial charge in [-0.05, 0) is 33.2 Å². The molecule has 1 atom stereocenters. The van der Waals surface area contributed by atoms with E-state index in [1.807, 2.05) is 13.8 Å². The molecule has 0 radical (unpaired) electrons. The molecule has 0 spiro atoms. The number of nitrogens with zero attached hydrogens (tertiary/aromatic N) is 2. The molecular formula is C12H18N2O3. The Balaban J connectivity index is 2.12. The van der Waals surface area contributed by atoms with Gasteiger partial charge in [0.25, 0.3) is 0 Å². The van der Waals surface area contributed by atoms with Gasteiger partial charge < -0.3 is 9.63 Å². The number of aliphatic carboxylic acids is 1. The van der Waals surface area contributed by atoms with Crippen molar-refractivity contribution in [3.63, 3.8) is 0 Å². The van der Waals surface area contributed by atoms with E-state index in [4.69, 9.17) is 9.63 Å². The summed E-state index contributed by atoms with van der Waals surface area (Å²) in [6, 6.07) is 0.278. The zero-order valence-electron chi connectivity index (χ0n) is 10.3. The SMILES string of the molecule is Cc1noc(C)c1[C@@H]1CCCN1CCC(=O)O. The van der Waals surface area contributed by atoms with Gasteiger partial charge in [0.2, 0.25) is 0 Å². The quantitative estimate of drug-likeness (QED) is 0.867. The fraction of sp³-hybridized carbons (Fsp3) is 0.667. The molecule has 1 saturated heterocycles. The molecule has 0 unspecified atom stereocenters. The summed E-state index contributed by atoms with van der Waals surface area (Å²) in [5.41, 5.74) is 2.07. The normalized spacial score (nSPS) is 20.9. The van der Waals surface area contributed by atoms with Gasteiger partial charge in [-0.1, -0.05) is 5.16 Å². The maximum Gasteiger partial charge on any atom is 0.304 e. The van der Waals surface area contributed by atoms with Crippen molar-refractivity contribution >= 4 is 5.97 Å². The number of hydrogen-bond donors (Lipinski definition) is 1.